The minimum absolute atomic E-state index is 0.0379. The highest BCUT2D eigenvalue weighted by molar-refractivity contribution is 7.92. The van der Waals surface area contributed by atoms with Crippen molar-refractivity contribution >= 4 is 19.9 Å². The van der Waals surface area contributed by atoms with E-state index in [2.05, 4.69) is 0 Å². The van der Waals surface area contributed by atoms with Crippen molar-refractivity contribution in [3.63, 3.8) is 0 Å². The van der Waals surface area contributed by atoms with E-state index < -0.39 is 25.4 Å². The second kappa shape index (κ2) is 5.07. The second-order valence-corrected chi connectivity index (χ2v) is 10.2. The lowest BCUT2D eigenvalue weighted by molar-refractivity contribution is 0.272. The maximum Gasteiger partial charge on any atom is 0.243 e. The highest BCUT2D eigenvalue weighted by Crippen LogP contribution is 2.33. The molecule has 0 radical (unpaired) electrons. The lowest BCUT2D eigenvalue weighted by Gasteiger charge is -2.33. The topological polar surface area (TPSA) is 71.5 Å². The van der Waals surface area contributed by atoms with Crippen molar-refractivity contribution in [2.24, 2.45) is 0 Å². The number of benzene rings is 1. The SMILES string of the molecule is Cc1ccc(S(=O)(=O)N(C)[C@@]2(C)CCS(=O)(=O)C2)c(C)c1. The summed E-state index contributed by atoms with van der Waals surface area (Å²) < 4.78 is 50.2. The molecule has 7 heteroatoms. The van der Waals surface area contributed by atoms with Crippen molar-refractivity contribution in [1.82, 2.24) is 4.31 Å². The lowest BCUT2D eigenvalue weighted by atomic mass is 10.0. The largest absolute Gasteiger partial charge is 0.243 e. The van der Waals surface area contributed by atoms with Gasteiger partial charge in [-0.1, -0.05) is 17.7 Å². The minimum atomic E-state index is -3.71. The molecule has 0 saturated carbocycles. The molecule has 21 heavy (non-hydrogen) atoms. The maximum atomic E-state index is 12.8. The number of nitrogens with zero attached hydrogens (tertiary/aromatic N) is 1. The Balaban J connectivity index is 2.44. The Morgan fingerprint density at radius 3 is 2.33 bits per heavy atom. The third kappa shape index (κ3) is 3.00. The first kappa shape index (κ1) is 16.5. The number of sulfone groups is 1. The first-order chi connectivity index (χ1) is 9.48. The van der Waals surface area contributed by atoms with Gasteiger partial charge in [0.25, 0.3) is 0 Å². The van der Waals surface area contributed by atoms with E-state index in [0.717, 1.165) is 5.56 Å². The van der Waals surface area contributed by atoms with Crippen LogP contribution in [-0.2, 0) is 19.9 Å². The smallest absolute Gasteiger partial charge is 0.229 e. The van der Waals surface area contributed by atoms with E-state index in [-0.39, 0.29) is 16.4 Å². The van der Waals surface area contributed by atoms with Crippen LogP contribution in [0.1, 0.15) is 24.5 Å². The van der Waals surface area contributed by atoms with E-state index in [0.29, 0.717) is 12.0 Å². The van der Waals surface area contributed by atoms with Crippen molar-refractivity contribution in [1.29, 1.82) is 0 Å². The van der Waals surface area contributed by atoms with Crippen LogP contribution in [0.5, 0.6) is 0 Å². The van der Waals surface area contributed by atoms with Crippen LogP contribution < -0.4 is 0 Å². The summed E-state index contributed by atoms with van der Waals surface area (Å²) in [6.07, 6.45) is 0.329. The maximum absolute atomic E-state index is 12.8. The molecule has 5 nitrogen and oxygen atoms in total. The Morgan fingerprint density at radius 2 is 1.86 bits per heavy atom. The van der Waals surface area contributed by atoms with Gasteiger partial charge >= 0.3 is 0 Å². The second-order valence-electron chi connectivity index (χ2n) is 6.08. The third-order valence-electron chi connectivity index (χ3n) is 4.21. The van der Waals surface area contributed by atoms with E-state index in [9.17, 15) is 16.8 Å². The zero-order valence-electron chi connectivity index (χ0n) is 12.8. The van der Waals surface area contributed by atoms with E-state index in [1.807, 2.05) is 13.0 Å². The Hall–Kier alpha value is -0.920. The normalized spacial score (nSPS) is 25.4. The Kier molecular flexibility index (Phi) is 3.97. The number of hydrogen-bond acceptors (Lipinski definition) is 4. The van der Waals surface area contributed by atoms with E-state index in [1.165, 1.54) is 11.4 Å². The molecule has 1 aromatic carbocycles. The molecule has 1 saturated heterocycles. The Labute approximate surface area is 126 Å². The van der Waals surface area contributed by atoms with Crippen LogP contribution in [0.15, 0.2) is 23.1 Å². The third-order valence-corrected chi connectivity index (χ3v) is 8.28. The molecule has 2 rings (SSSR count). The van der Waals surface area contributed by atoms with Gasteiger partial charge in [-0.15, -0.1) is 0 Å². The van der Waals surface area contributed by atoms with Gasteiger partial charge in [0.2, 0.25) is 10.0 Å². The summed E-state index contributed by atoms with van der Waals surface area (Å²) >= 11 is 0. The van der Waals surface area contributed by atoms with E-state index in [4.69, 9.17) is 0 Å². The highest BCUT2D eigenvalue weighted by atomic mass is 32.2. The van der Waals surface area contributed by atoms with Gasteiger partial charge in [0.1, 0.15) is 0 Å². The first-order valence-corrected chi connectivity index (χ1v) is 10.0. The van der Waals surface area contributed by atoms with Crippen LogP contribution in [0, 0.1) is 13.8 Å². The van der Waals surface area contributed by atoms with Gasteiger partial charge in [0, 0.05) is 12.6 Å². The summed E-state index contributed by atoms with van der Waals surface area (Å²) in [7, 11) is -5.41. The number of aryl methyl sites for hydroxylation is 2. The average Bonchev–Trinajstić information content (AvgIpc) is 2.63. The molecule has 0 unspecified atom stereocenters. The molecule has 0 bridgehead atoms. The molecule has 0 aliphatic carbocycles. The monoisotopic (exact) mass is 331 g/mol. The van der Waals surface area contributed by atoms with Crippen LogP contribution in [-0.4, -0.2) is 45.2 Å². The van der Waals surface area contributed by atoms with Crippen molar-refractivity contribution in [3.05, 3.63) is 29.3 Å². The molecule has 0 N–H and O–H groups in total. The van der Waals surface area contributed by atoms with Gasteiger partial charge in [-0.05, 0) is 38.8 Å². The molecule has 1 aliphatic rings. The summed E-state index contributed by atoms with van der Waals surface area (Å²) in [6, 6.07) is 5.15. The summed E-state index contributed by atoms with van der Waals surface area (Å²) in [6.45, 7) is 5.35. The predicted molar refractivity (Wildman–Crippen MR) is 82.5 cm³/mol. The molecule has 0 aromatic heterocycles. The van der Waals surface area contributed by atoms with Gasteiger partial charge in [0.15, 0.2) is 9.84 Å². The first-order valence-electron chi connectivity index (χ1n) is 6.75. The average molecular weight is 331 g/mol. The molecule has 118 valence electrons. The fourth-order valence-corrected chi connectivity index (χ4v) is 6.77. The molecule has 0 amide bonds. The number of sulfonamides is 1. The van der Waals surface area contributed by atoms with Crippen LogP contribution in [0.2, 0.25) is 0 Å². The van der Waals surface area contributed by atoms with Gasteiger partial charge in [-0.2, -0.15) is 4.31 Å². The fourth-order valence-electron chi connectivity index (χ4n) is 2.77. The molecule has 1 heterocycles. The molecular weight excluding hydrogens is 310 g/mol. The molecule has 1 atom stereocenters. The summed E-state index contributed by atoms with van der Waals surface area (Å²) in [5.41, 5.74) is 0.782. The van der Waals surface area contributed by atoms with E-state index in [1.54, 1.807) is 26.0 Å². The van der Waals surface area contributed by atoms with Gasteiger partial charge in [0.05, 0.1) is 16.4 Å². The summed E-state index contributed by atoms with van der Waals surface area (Å²) in [5.74, 6) is -0.0864. The van der Waals surface area contributed by atoms with Crippen LogP contribution in [0.25, 0.3) is 0 Å². The van der Waals surface area contributed by atoms with Gasteiger partial charge < -0.3 is 0 Å². The molecule has 1 aliphatic heterocycles. The Bertz CT molecular complexity index is 768. The van der Waals surface area contributed by atoms with Crippen molar-refractivity contribution in [2.75, 3.05) is 18.6 Å². The summed E-state index contributed by atoms with van der Waals surface area (Å²) in [5, 5.41) is 0. The van der Waals surface area contributed by atoms with Gasteiger partial charge in [-0.3, -0.25) is 0 Å². The van der Waals surface area contributed by atoms with Crippen molar-refractivity contribution in [2.45, 2.75) is 37.6 Å². The Morgan fingerprint density at radius 1 is 1.24 bits per heavy atom. The standard InChI is InChI=1S/C14H21NO4S2/c1-11-5-6-13(12(2)9-11)21(18,19)15(4)14(3)7-8-20(16,17)10-14/h5-6,9H,7-8,10H2,1-4H3/t14-/m0/s1. The molecular formula is C14H21NO4S2. The van der Waals surface area contributed by atoms with Crippen molar-refractivity contribution in [3.8, 4) is 0 Å². The van der Waals surface area contributed by atoms with Crippen LogP contribution in [0.4, 0.5) is 0 Å². The number of hydrogen-bond donors (Lipinski definition) is 0. The van der Waals surface area contributed by atoms with Crippen LogP contribution >= 0.6 is 0 Å². The number of rotatable bonds is 3. The highest BCUT2D eigenvalue weighted by Gasteiger charge is 2.46. The van der Waals surface area contributed by atoms with E-state index >= 15 is 0 Å². The zero-order valence-corrected chi connectivity index (χ0v) is 14.4. The molecule has 1 fully saturated rings. The lowest BCUT2D eigenvalue weighted by Crippen LogP contribution is -2.48. The van der Waals surface area contributed by atoms with Crippen LogP contribution in [0.3, 0.4) is 0 Å². The molecule has 1 aromatic rings. The fraction of sp³-hybridized carbons (Fsp3) is 0.571. The summed E-state index contributed by atoms with van der Waals surface area (Å²) in [4.78, 5) is 0.237. The molecule has 0 spiro atoms. The van der Waals surface area contributed by atoms with Crippen molar-refractivity contribution < 1.29 is 16.8 Å². The predicted octanol–water partition coefficient (Wildman–Crippen LogP) is 1.50. The quantitative estimate of drug-likeness (QED) is 0.841. The zero-order chi connectivity index (χ0) is 16.1. The minimum Gasteiger partial charge on any atom is -0.229 e. The van der Waals surface area contributed by atoms with Gasteiger partial charge in [-0.25, -0.2) is 16.8 Å².